The normalized spacial score (nSPS) is 10.0. The van der Waals surface area contributed by atoms with Crippen molar-refractivity contribution in [1.82, 2.24) is 16.2 Å². The van der Waals surface area contributed by atoms with Crippen LogP contribution in [0.5, 0.6) is 0 Å². The van der Waals surface area contributed by atoms with Crippen molar-refractivity contribution in [3.63, 3.8) is 0 Å². The Kier molecular flexibility index (Phi) is 6.53. The van der Waals surface area contributed by atoms with E-state index in [1.54, 1.807) is 0 Å². The Morgan fingerprint density at radius 1 is 0.760 bits per heavy atom. The van der Waals surface area contributed by atoms with Gasteiger partial charge in [0.1, 0.15) is 11.6 Å². The lowest BCUT2D eigenvalue weighted by Crippen LogP contribution is -2.49. The standard InChI is InChI=1S/C17H15F2N3O2S/c18-13-5-1-11(2-6-13)9-15(23)20-17(25)22-21-16(24)10-12-3-7-14(19)8-4-12/h1-8H,9-10H2,(H,21,24)(H2,20,22,23,25). The molecule has 2 aromatic rings. The van der Waals surface area contributed by atoms with E-state index in [-0.39, 0.29) is 29.6 Å². The summed E-state index contributed by atoms with van der Waals surface area (Å²) >= 11 is 4.90. The van der Waals surface area contributed by atoms with Crippen molar-refractivity contribution in [3.05, 3.63) is 71.3 Å². The minimum Gasteiger partial charge on any atom is -0.302 e. The fraction of sp³-hybridized carbons (Fsp3) is 0.118. The number of amides is 2. The van der Waals surface area contributed by atoms with Gasteiger partial charge in [-0.05, 0) is 47.6 Å². The van der Waals surface area contributed by atoms with E-state index >= 15 is 0 Å². The molecule has 0 saturated carbocycles. The Morgan fingerprint density at radius 2 is 1.20 bits per heavy atom. The predicted octanol–water partition coefficient (Wildman–Crippen LogP) is 1.77. The third-order valence-corrected chi connectivity index (χ3v) is 3.33. The predicted molar refractivity (Wildman–Crippen MR) is 92.2 cm³/mol. The van der Waals surface area contributed by atoms with Crippen molar-refractivity contribution in [2.45, 2.75) is 12.8 Å². The molecule has 0 fully saturated rings. The van der Waals surface area contributed by atoms with E-state index in [0.717, 1.165) is 0 Å². The first-order chi connectivity index (χ1) is 11.9. The zero-order valence-electron chi connectivity index (χ0n) is 13.0. The zero-order chi connectivity index (χ0) is 18.2. The van der Waals surface area contributed by atoms with Gasteiger partial charge in [-0.15, -0.1) is 0 Å². The molecular formula is C17H15F2N3O2S. The van der Waals surface area contributed by atoms with Gasteiger partial charge in [-0.25, -0.2) is 8.78 Å². The number of halogens is 2. The van der Waals surface area contributed by atoms with Gasteiger partial charge in [-0.2, -0.15) is 0 Å². The summed E-state index contributed by atoms with van der Waals surface area (Å²) in [6.45, 7) is 0. The minimum atomic E-state index is -0.406. The van der Waals surface area contributed by atoms with Crippen LogP contribution in [0.3, 0.4) is 0 Å². The first-order valence-electron chi connectivity index (χ1n) is 7.30. The fourth-order valence-corrected chi connectivity index (χ4v) is 2.11. The summed E-state index contributed by atoms with van der Waals surface area (Å²) < 4.78 is 25.6. The van der Waals surface area contributed by atoms with E-state index in [0.29, 0.717) is 11.1 Å². The van der Waals surface area contributed by atoms with Crippen LogP contribution in [0.25, 0.3) is 0 Å². The van der Waals surface area contributed by atoms with Crippen molar-refractivity contribution in [1.29, 1.82) is 0 Å². The minimum absolute atomic E-state index is 0.0195. The van der Waals surface area contributed by atoms with Crippen LogP contribution in [0.15, 0.2) is 48.5 Å². The molecule has 0 radical (unpaired) electrons. The first-order valence-corrected chi connectivity index (χ1v) is 7.71. The summed E-state index contributed by atoms with van der Waals surface area (Å²) in [6, 6.07) is 11.0. The lowest BCUT2D eigenvalue weighted by Gasteiger charge is -2.11. The number of hydrazine groups is 1. The lowest BCUT2D eigenvalue weighted by atomic mass is 10.1. The van der Waals surface area contributed by atoms with E-state index in [9.17, 15) is 18.4 Å². The van der Waals surface area contributed by atoms with Crippen molar-refractivity contribution in [2.24, 2.45) is 0 Å². The maximum absolute atomic E-state index is 12.8. The largest absolute Gasteiger partial charge is 0.302 e. The number of hydrogen-bond acceptors (Lipinski definition) is 3. The van der Waals surface area contributed by atoms with Gasteiger partial charge in [-0.3, -0.25) is 20.4 Å². The van der Waals surface area contributed by atoms with E-state index in [2.05, 4.69) is 16.2 Å². The number of carbonyl (C=O) groups is 2. The number of rotatable bonds is 4. The van der Waals surface area contributed by atoms with Crippen LogP contribution in [0.2, 0.25) is 0 Å². The van der Waals surface area contributed by atoms with Gasteiger partial charge in [0.15, 0.2) is 5.11 Å². The van der Waals surface area contributed by atoms with Gasteiger partial charge in [-0.1, -0.05) is 24.3 Å². The second kappa shape index (κ2) is 8.84. The molecular weight excluding hydrogens is 348 g/mol. The quantitative estimate of drug-likeness (QED) is 0.572. The molecule has 8 heteroatoms. The third-order valence-electron chi connectivity index (χ3n) is 3.12. The summed E-state index contributed by atoms with van der Waals surface area (Å²) in [4.78, 5) is 23.5. The molecule has 0 saturated heterocycles. The molecule has 5 nitrogen and oxygen atoms in total. The summed E-state index contributed by atoms with van der Waals surface area (Å²) in [7, 11) is 0. The second-order valence-corrected chi connectivity index (χ2v) is 5.57. The Hall–Kier alpha value is -2.87. The maximum atomic E-state index is 12.8. The van der Waals surface area contributed by atoms with E-state index in [1.807, 2.05) is 0 Å². The fourth-order valence-electron chi connectivity index (χ4n) is 1.95. The average molecular weight is 363 g/mol. The number of nitrogens with one attached hydrogen (secondary N) is 3. The number of benzene rings is 2. The lowest BCUT2D eigenvalue weighted by molar-refractivity contribution is -0.121. The number of hydrogen-bond donors (Lipinski definition) is 3. The Bertz CT molecular complexity index is 764. The van der Waals surface area contributed by atoms with Gasteiger partial charge in [0, 0.05) is 0 Å². The van der Waals surface area contributed by atoms with Gasteiger partial charge in [0.25, 0.3) is 0 Å². The zero-order valence-corrected chi connectivity index (χ0v) is 13.8. The molecule has 2 aromatic carbocycles. The monoisotopic (exact) mass is 363 g/mol. The van der Waals surface area contributed by atoms with Crippen LogP contribution >= 0.6 is 12.2 Å². The number of carbonyl (C=O) groups excluding carboxylic acids is 2. The highest BCUT2D eigenvalue weighted by Crippen LogP contribution is 2.04. The van der Waals surface area contributed by atoms with E-state index in [1.165, 1.54) is 48.5 Å². The van der Waals surface area contributed by atoms with Crippen LogP contribution in [0, 0.1) is 11.6 Å². The Balaban J connectivity index is 1.72. The van der Waals surface area contributed by atoms with Crippen molar-refractivity contribution >= 4 is 29.1 Å². The molecule has 0 aliphatic rings. The molecule has 3 N–H and O–H groups in total. The van der Waals surface area contributed by atoms with Crippen molar-refractivity contribution in [2.75, 3.05) is 0 Å². The first kappa shape index (κ1) is 18.5. The SMILES string of the molecule is O=C(Cc1ccc(F)cc1)NNC(=S)NC(=O)Cc1ccc(F)cc1. The van der Waals surface area contributed by atoms with Crippen LogP contribution in [-0.2, 0) is 22.4 Å². The van der Waals surface area contributed by atoms with E-state index in [4.69, 9.17) is 12.2 Å². The molecule has 25 heavy (non-hydrogen) atoms. The molecule has 0 atom stereocenters. The molecule has 0 heterocycles. The highest BCUT2D eigenvalue weighted by atomic mass is 32.1. The molecule has 2 rings (SSSR count). The van der Waals surface area contributed by atoms with Crippen LogP contribution in [0.4, 0.5) is 8.78 Å². The highest BCUT2D eigenvalue weighted by molar-refractivity contribution is 7.80. The summed E-state index contributed by atoms with van der Waals surface area (Å²) in [6.07, 6.45) is 0.0467. The molecule has 0 unspecified atom stereocenters. The van der Waals surface area contributed by atoms with Gasteiger partial charge < -0.3 is 5.32 Å². The van der Waals surface area contributed by atoms with Gasteiger partial charge >= 0.3 is 0 Å². The summed E-state index contributed by atoms with van der Waals surface area (Å²) in [5.41, 5.74) is 6.00. The molecule has 0 spiro atoms. The van der Waals surface area contributed by atoms with Crippen LogP contribution in [0.1, 0.15) is 11.1 Å². The summed E-state index contributed by atoms with van der Waals surface area (Å²) in [5, 5.41) is 2.32. The van der Waals surface area contributed by atoms with Crippen LogP contribution in [-0.4, -0.2) is 16.9 Å². The summed E-state index contributed by atoms with van der Waals surface area (Å²) in [5.74, 6) is -1.57. The van der Waals surface area contributed by atoms with Gasteiger partial charge in [0.2, 0.25) is 11.8 Å². The molecule has 0 aliphatic heterocycles. The van der Waals surface area contributed by atoms with Crippen LogP contribution < -0.4 is 16.2 Å². The molecule has 130 valence electrons. The van der Waals surface area contributed by atoms with Crippen molar-refractivity contribution in [3.8, 4) is 0 Å². The van der Waals surface area contributed by atoms with Gasteiger partial charge in [0.05, 0.1) is 12.8 Å². The molecule has 0 aliphatic carbocycles. The number of thiocarbonyl (C=S) groups is 1. The van der Waals surface area contributed by atoms with Crippen molar-refractivity contribution < 1.29 is 18.4 Å². The van der Waals surface area contributed by atoms with E-state index < -0.39 is 11.8 Å². The third kappa shape index (κ3) is 6.64. The Labute approximate surface area is 148 Å². The highest BCUT2D eigenvalue weighted by Gasteiger charge is 2.08. The smallest absolute Gasteiger partial charge is 0.242 e. The molecule has 0 aromatic heterocycles. The maximum Gasteiger partial charge on any atom is 0.242 e. The molecule has 2 amide bonds. The second-order valence-electron chi connectivity index (χ2n) is 5.16. The topological polar surface area (TPSA) is 70.2 Å². The average Bonchev–Trinajstić information content (AvgIpc) is 2.57. The molecule has 0 bridgehead atoms. The Morgan fingerprint density at radius 3 is 1.68 bits per heavy atom.